The lowest BCUT2D eigenvalue weighted by molar-refractivity contribution is -0.145. The third kappa shape index (κ3) is 7.77. The van der Waals surface area contributed by atoms with Gasteiger partial charge in [0.25, 0.3) is 0 Å². The second-order valence-electron chi connectivity index (χ2n) is 10.1. The summed E-state index contributed by atoms with van der Waals surface area (Å²) in [6.07, 6.45) is -0.940. The predicted octanol–water partition coefficient (Wildman–Crippen LogP) is 2.86. The monoisotopic (exact) mass is 596 g/mol. The number of amides is 1. The molecule has 0 aliphatic carbocycles. The first kappa shape index (κ1) is 30.8. The Balaban J connectivity index is 1.60. The summed E-state index contributed by atoms with van der Waals surface area (Å²) in [4.78, 5) is 41.4. The van der Waals surface area contributed by atoms with Crippen LogP contribution in [-0.2, 0) is 28.2 Å². The number of nitrogens with one attached hydrogen (secondary N) is 2. The van der Waals surface area contributed by atoms with Crippen LogP contribution in [0.5, 0.6) is 5.75 Å². The van der Waals surface area contributed by atoms with Crippen LogP contribution in [0, 0.1) is 0 Å². The Bertz CT molecular complexity index is 1330. The second-order valence-corrected chi connectivity index (χ2v) is 11.7. The number of halogens is 1. The molecule has 5 rings (SSSR count). The molecule has 3 N–H and O–H groups in total. The molecule has 1 saturated heterocycles. The standard InChI is InChI=1S/C26H34FN4O9P/c1-17-23(34)37-15-9-4-3-8-12-21(32)28-20-13-14-31(25(35)29-20)24-26(2,27)22(33)19(39-24)16-38-41(36,30-17)40-18-10-6-5-7-11-18/h5-7,10-11,13-14,17,19,22,24,33H,3-4,8-9,12,15-16H2,1-2H3,(H,30,36)(H,28,29,32,35)/t17-,19?,22+,24?,26+,41?/m0/s1. The highest BCUT2D eigenvalue weighted by atomic mass is 31.2. The number of anilines is 1. The van der Waals surface area contributed by atoms with Gasteiger partial charge >= 0.3 is 19.4 Å². The number of ether oxygens (including phenoxy) is 2. The summed E-state index contributed by atoms with van der Waals surface area (Å²) < 4.78 is 52.4. The first-order chi connectivity index (χ1) is 19.5. The number of hydrogen-bond donors (Lipinski definition) is 3. The van der Waals surface area contributed by atoms with Crippen LogP contribution in [0.15, 0.2) is 47.4 Å². The number of alkyl halides is 1. The highest BCUT2D eigenvalue weighted by Gasteiger charge is 2.56. The smallest absolute Gasteiger partial charge is 0.459 e. The van der Waals surface area contributed by atoms with Gasteiger partial charge < -0.3 is 24.4 Å². The number of nitrogens with zero attached hydrogens (tertiary/aromatic N) is 2. The molecule has 3 unspecified atom stereocenters. The van der Waals surface area contributed by atoms with Gasteiger partial charge in [-0.05, 0) is 44.9 Å². The van der Waals surface area contributed by atoms with E-state index < -0.39 is 56.2 Å². The Morgan fingerprint density at radius 3 is 2.61 bits per heavy atom. The van der Waals surface area contributed by atoms with E-state index in [1.807, 2.05) is 0 Å². The molecule has 0 spiro atoms. The van der Waals surface area contributed by atoms with Crippen LogP contribution in [0.3, 0.4) is 0 Å². The molecule has 3 aliphatic rings. The zero-order valence-corrected chi connectivity index (χ0v) is 23.6. The van der Waals surface area contributed by atoms with Crippen molar-refractivity contribution in [3.63, 3.8) is 0 Å². The lowest BCUT2D eigenvalue weighted by Crippen LogP contribution is -2.43. The third-order valence-corrected chi connectivity index (χ3v) is 8.34. The van der Waals surface area contributed by atoms with E-state index in [2.05, 4.69) is 15.4 Å². The van der Waals surface area contributed by atoms with Crippen molar-refractivity contribution < 1.29 is 42.2 Å². The number of aliphatic hydroxyl groups excluding tert-OH is 1. The number of carbonyl (C=O) groups is 2. The summed E-state index contributed by atoms with van der Waals surface area (Å²) in [6.45, 7) is 1.94. The molecule has 4 heterocycles. The van der Waals surface area contributed by atoms with E-state index in [4.69, 9.17) is 18.5 Å². The van der Waals surface area contributed by atoms with E-state index >= 15 is 4.39 Å². The van der Waals surface area contributed by atoms with Gasteiger partial charge in [-0.15, -0.1) is 0 Å². The molecule has 41 heavy (non-hydrogen) atoms. The van der Waals surface area contributed by atoms with Gasteiger partial charge in [0, 0.05) is 12.6 Å². The summed E-state index contributed by atoms with van der Waals surface area (Å²) in [5, 5.41) is 15.8. The molecule has 1 amide bonds. The largest absolute Gasteiger partial charge is 0.465 e. The van der Waals surface area contributed by atoms with Crippen LogP contribution in [0.1, 0.15) is 52.2 Å². The number of carbonyl (C=O) groups excluding carboxylic acids is 2. The molecule has 1 aromatic carbocycles. The summed E-state index contributed by atoms with van der Waals surface area (Å²) >= 11 is 0. The number of aliphatic hydroxyl groups is 1. The Labute approximate surface area is 235 Å². The number of esters is 1. The second kappa shape index (κ2) is 13.2. The van der Waals surface area contributed by atoms with Gasteiger partial charge in [-0.3, -0.25) is 18.7 Å². The lowest BCUT2D eigenvalue weighted by atomic mass is 9.98. The van der Waals surface area contributed by atoms with Crippen molar-refractivity contribution in [2.24, 2.45) is 0 Å². The Kier molecular flexibility index (Phi) is 9.92. The van der Waals surface area contributed by atoms with Crippen molar-refractivity contribution in [2.75, 3.05) is 18.5 Å². The summed E-state index contributed by atoms with van der Waals surface area (Å²) in [6, 6.07) is 8.25. The number of para-hydroxylation sites is 1. The number of rotatable bonds is 2. The maximum atomic E-state index is 15.7. The first-order valence-electron chi connectivity index (χ1n) is 13.3. The minimum Gasteiger partial charge on any atom is -0.465 e. The number of benzene rings is 1. The van der Waals surface area contributed by atoms with E-state index in [9.17, 15) is 24.1 Å². The number of fused-ring (bicyclic) bond motifs is 16. The number of aromatic nitrogens is 2. The van der Waals surface area contributed by atoms with Gasteiger partial charge in [0.1, 0.15) is 29.8 Å². The maximum absolute atomic E-state index is 15.7. The van der Waals surface area contributed by atoms with Crippen LogP contribution < -0.4 is 20.6 Å². The molecular formula is C26H34FN4O9P. The van der Waals surface area contributed by atoms with Gasteiger partial charge in [-0.25, -0.2) is 13.8 Å². The molecule has 3 aliphatic heterocycles. The van der Waals surface area contributed by atoms with Crippen molar-refractivity contribution in [3.05, 3.63) is 53.1 Å². The average molecular weight is 597 g/mol. The van der Waals surface area contributed by atoms with Crippen LogP contribution in [-0.4, -0.2) is 63.7 Å². The molecule has 1 fully saturated rings. The fourth-order valence-corrected chi connectivity index (χ4v) is 5.93. The number of hydrogen-bond acceptors (Lipinski definition) is 10. The van der Waals surface area contributed by atoms with Crippen LogP contribution in [0.2, 0.25) is 0 Å². The van der Waals surface area contributed by atoms with Crippen molar-refractivity contribution in [3.8, 4) is 5.75 Å². The molecule has 224 valence electrons. The van der Waals surface area contributed by atoms with Crippen LogP contribution in [0.4, 0.5) is 10.2 Å². The van der Waals surface area contributed by atoms with E-state index in [1.165, 1.54) is 31.3 Å². The van der Waals surface area contributed by atoms with Gasteiger partial charge in [0.05, 0.1) is 13.2 Å². The minimum atomic E-state index is -4.32. The van der Waals surface area contributed by atoms with E-state index in [0.717, 1.165) is 11.5 Å². The fourth-order valence-electron chi connectivity index (χ4n) is 4.43. The zero-order valence-electron chi connectivity index (χ0n) is 22.7. The highest BCUT2D eigenvalue weighted by Crippen LogP contribution is 2.47. The summed E-state index contributed by atoms with van der Waals surface area (Å²) in [5.41, 5.74) is -3.41. The topological polar surface area (TPSA) is 167 Å². The van der Waals surface area contributed by atoms with Crippen LogP contribution >= 0.6 is 7.75 Å². The zero-order chi connectivity index (χ0) is 29.6. The van der Waals surface area contributed by atoms with E-state index in [-0.39, 0.29) is 30.5 Å². The molecule has 4 bridgehead atoms. The molecule has 13 nitrogen and oxygen atoms in total. The van der Waals surface area contributed by atoms with E-state index in [0.29, 0.717) is 25.7 Å². The molecule has 0 saturated carbocycles. The van der Waals surface area contributed by atoms with Crippen molar-refractivity contribution >= 4 is 25.4 Å². The van der Waals surface area contributed by atoms with Crippen molar-refractivity contribution in [2.45, 2.75) is 76.1 Å². The van der Waals surface area contributed by atoms with Gasteiger partial charge in [-0.1, -0.05) is 31.0 Å². The molecule has 6 atom stereocenters. The molecular weight excluding hydrogens is 562 g/mol. The van der Waals surface area contributed by atoms with Crippen LogP contribution in [0.25, 0.3) is 0 Å². The first-order valence-corrected chi connectivity index (χ1v) is 14.9. The van der Waals surface area contributed by atoms with Crippen molar-refractivity contribution in [1.82, 2.24) is 14.6 Å². The Hall–Kier alpha value is -3.16. The third-order valence-electron chi connectivity index (χ3n) is 6.69. The quantitative estimate of drug-likeness (QED) is 0.345. The molecule has 0 radical (unpaired) electrons. The van der Waals surface area contributed by atoms with Gasteiger partial charge in [-0.2, -0.15) is 10.1 Å². The predicted molar refractivity (Wildman–Crippen MR) is 144 cm³/mol. The highest BCUT2D eigenvalue weighted by molar-refractivity contribution is 7.52. The molecule has 2 aromatic rings. The SMILES string of the molecule is C[C@@H]1NP(=O)(Oc2ccccc2)OCC2OC(n3ccc(nc3=O)NC(=O)CCCCCCOC1=O)[C@](C)(F)[C@@H]2O. The fraction of sp³-hybridized carbons (Fsp3) is 0.538. The Morgan fingerprint density at radius 1 is 1.15 bits per heavy atom. The summed E-state index contributed by atoms with van der Waals surface area (Å²) in [7, 11) is -4.32. The van der Waals surface area contributed by atoms with Gasteiger partial charge in [0.2, 0.25) is 5.91 Å². The average Bonchev–Trinajstić information content (AvgIpc) is 3.14. The van der Waals surface area contributed by atoms with Crippen molar-refractivity contribution in [1.29, 1.82) is 0 Å². The van der Waals surface area contributed by atoms with Gasteiger partial charge in [0.15, 0.2) is 11.9 Å². The molecule has 15 heteroatoms. The normalized spacial score (nSPS) is 32.3. The Morgan fingerprint density at radius 2 is 1.88 bits per heavy atom. The molecule has 1 aromatic heterocycles. The van der Waals surface area contributed by atoms with E-state index in [1.54, 1.807) is 18.2 Å². The lowest BCUT2D eigenvalue weighted by Gasteiger charge is -2.25. The summed E-state index contributed by atoms with van der Waals surface area (Å²) in [5.74, 6) is -0.888. The maximum Gasteiger partial charge on any atom is 0.459 e. The minimum absolute atomic E-state index is 0.0107.